The molecule has 2 fully saturated rings. The number of piperidine rings is 1. The van der Waals surface area contributed by atoms with Crippen molar-refractivity contribution < 1.29 is 18.7 Å². The van der Waals surface area contributed by atoms with Crippen LogP contribution in [0.4, 0.5) is 10.1 Å². The summed E-state index contributed by atoms with van der Waals surface area (Å²) in [6.45, 7) is 1.19. The summed E-state index contributed by atoms with van der Waals surface area (Å²) in [5, 5.41) is 2.74. The number of ether oxygens (including phenoxy) is 1. The molecule has 1 saturated heterocycles. The molecule has 2 amide bonds. The standard InChI is InChI=1S/C17H21FN2O3/c1-23-15-7-6-13(9-14(15)18)19-16(21)12-3-2-8-20(10-12)17(22)11-4-5-11/h6-7,9,11-12H,2-5,8,10H2,1H3,(H,19,21)/t12-/m0/s1. The van der Waals surface area contributed by atoms with Gasteiger partial charge in [0.25, 0.3) is 0 Å². The smallest absolute Gasteiger partial charge is 0.229 e. The molecule has 0 unspecified atom stereocenters. The first-order valence-electron chi connectivity index (χ1n) is 8.01. The Bertz CT molecular complexity index is 616. The number of amides is 2. The molecular formula is C17H21FN2O3. The molecule has 5 nitrogen and oxygen atoms in total. The van der Waals surface area contributed by atoms with Gasteiger partial charge in [-0.1, -0.05) is 0 Å². The minimum Gasteiger partial charge on any atom is -0.494 e. The van der Waals surface area contributed by atoms with Crippen LogP contribution < -0.4 is 10.1 Å². The van der Waals surface area contributed by atoms with E-state index in [1.54, 1.807) is 11.0 Å². The number of likely N-dealkylation sites (tertiary alicyclic amines) is 1. The highest BCUT2D eigenvalue weighted by molar-refractivity contribution is 5.93. The summed E-state index contributed by atoms with van der Waals surface area (Å²) in [6, 6.07) is 4.33. The highest BCUT2D eigenvalue weighted by Crippen LogP contribution is 2.32. The van der Waals surface area contributed by atoms with Crippen molar-refractivity contribution in [3.8, 4) is 5.75 Å². The Morgan fingerprint density at radius 2 is 2.04 bits per heavy atom. The molecule has 6 heteroatoms. The van der Waals surface area contributed by atoms with E-state index in [9.17, 15) is 14.0 Å². The molecule has 2 aliphatic rings. The quantitative estimate of drug-likeness (QED) is 0.927. The van der Waals surface area contributed by atoms with Gasteiger partial charge in [0.1, 0.15) is 0 Å². The molecule has 1 saturated carbocycles. The van der Waals surface area contributed by atoms with Crippen LogP contribution in [0, 0.1) is 17.7 Å². The molecule has 1 aliphatic heterocycles. The second-order valence-corrected chi connectivity index (χ2v) is 6.24. The lowest BCUT2D eigenvalue weighted by molar-refractivity contribution is -0.135. The van der Waals surface area contributed by atoms with Crippen molar-refractivity contribution in [3.05, 3.63) is 24.0 Å². The maximum absolute atomic E-state index is 13.7. The van der Waals surface area contributed by atoms with Crippen molar-refractivity contribution in [1.82, 2.24) is 4.90 Å². The molecule has 1 heterocycles. The van der Waals surface area contributed by atoms with Gasteiger partial charge in [-0.2, -0.15) is 0 Å². The molecular weight excluding hydrogens is 299 g/mol. The number of hydrogen-bond acceptors (Lipinski definition) is 3. The molecule has 3 rings (SSSR count). The molecule has 124 valence electrons. The van der Waals surface area contributed by atoms with Crippen molar-refractivity contribution in [2.75, 3.05) is 25.5 Å². The van der Waals surface area contributed by atoms with Gasteiger partial charge >= 0.3 is 0 Å². The van der Waals surface area contributed by atoms with E-state index in [4.69, 9.17) is 4.74 Å². The SMILES string of the molecule is COc1ccc(NC(=O)[C@H]2CCCN(C(=O)C3CC3)C2)cc1F. The maximum atomic E-state index is 13.7. The first-order valence-corrected chi connectivity index (χ1v) is 8.01. The third-order valence-corrected chi connectivity index (χ3v) is 4.45. The van der Waals surface area contributed by atoms with Crippen LogP contribution in [0.2, 0.25) is 0 Å². The summed E-state index contributed by atoms with van der Waals surface area (Å²) in [7, 11) is 1.39. The lowest BCUT2D eigenvalue weighted by atomic mass is 9.96. The van der Waals surface area contributed by atoms with Gasteiger partial charge in [0.2, 0.25) is 11.8 Å². The lowest BCUT2D eigenvalue weighted by Crippen LogP contribution is -2.44. The van der Waals surface area contributed by atoms with Crippen LogP contribution in [0.1, 0.15) is 25.7 Å². The molecule has 1 N–H and O–H groups in total. The minimum atomic E-state index is -0.514. The van der Waals surface area contributed by atoms with Crippen molar-refractivity contribution in [3.63, 3.8) is 0 Å². The first-order chi connectivity index (χ1) is 11.1. The number of anilines is 1. The van der Waals surface area contributed by atoms with E-state index in [0.29, 0.717) is 12.2 Å². The fourth-order valence-electron chi connectivity index (χ4n) is 2.97. The molecule has 1 aromatic rings. The van der Waals surface area contributed by atoms with Crippen LogP contribution in [0.15, 0.2) is 18.2 Å². The summed E-state index contributed by atoms with van der Waals surface area (Å²) in [4.78, 5) is 26.3. The normalized spacial score (nSPS) is 21.0. The van der Waals surface area contributed by atoms with E-state index < -0.39 is 5.82 Å². The number of halogens is 1. The van der Waals surface area contributed by atoms with Crippen LogP contribution in [-0.4, -0.2) is 36.9 Å². The number of nitrogens with zero attached hydrogens (tertiary/aromatic N) is 1. The summed E-state index contributed by atoms with van der Waals surface area (Å²) in [6.07, 6.45) is 3.51. The Hall–Kier alpha value is -2.11. The largest absolute Gasteiger partial charge is 0.494 e. The topological polar surface area (TPSA) is 58.6 Å². The van der Waals surface area contributed by atoms with Crippen molar-refractivity contribution in [2.45, 2.75) is 25.7 Å². The average Bonchev–Trinajstić information content (AvgIpc) is 3.39. The van der Waals surface area contributed by atoms with Crippen LogP contribution in [0.25, 0.3) is 0 Å². The lowest BCUT2D eigenvalue weighted by Gasteiger charge is -2.32. The molecule has 1 atom stereocenters. The zero-order chi connectivity index (χ0) is 16.4. The van der Waals surface area contributed by atoms with Crippen LogP contribution in [0.5, 0.6) is 5.75 Å². The molecule has 1 aromatic carbocycles. The van der Waals surface area contributed by atoms with Crippen LogP contribution in [0.3, 0.4) is 0 Å². The maximum Gasteiger partial charge on any atom is 0.229 e. The van der Waals surface area contributed by atoms with Gasteiger partial charge in [-0.05, 0) is 37.8 Å². The zero-order valence-corrected chi connectivity index (χ0v) is 13.2. The second kappa shape index (κ2) is 6.56. The monoisotopic (exact) mass is 320 g/mol. The van der Waals surface area contributed by atoms with Gasteiger partial charge < -0.3 is 15.0 Å². The van der Waals surface area contributed by atoms with Crippen molar-refractivity contribution in [2.24, 2.45) is 11.8 Å². The number of rotatable bonds is 4. The van der Waals surface area contributed by atoms with Crippen molar-refractivity contribution in [1.29, 1.82) is 0 Å². The van der Waals surface area contributed by atoms with E-state index in [2.05, 4.69) is 5.32 Å². The number of hydrogen-bond donors (Lipinski definition) is 1. The van der Waals surface area contributed by atoms with Gasteiger partial charge in [0.05, 0.1) is 13.0 Å². The Morgan fingerprint density at radius 1 is 1.26 bits per heavy atom. The zero-order valence-electron chi connectivity index (χ0n) is 13.2. The van der Waals surface area contributed by atoms with E-state index in [-0.39, 0.29) is 29.4 Å². The summed E-state index contributed by atoms with van der Waals surface area (Å²) >= 11 is 0. The van der Waals surface area contributed by atoms with E-state index in [0.717, 1.165) is 32.2 Å². The van der Waals surface area contributed by atoms with Crippen molar-refractivity contribution >= 4 is 17.5 Å². The first kappa shape index (κ1) is 15.8. The summed E-state index contributed by atoms with van der Waals surface area (Å²) < 4.78 is 18.5. The average molecular weight is 320 g/mol. The van der Waals surface area contributed by atoms with Crippen LogP contribution >= 0.6 is 0 Å². The Balaban J connectivity index is 1.61. The Morgan fingerprint density at radius 3 is 2.70 bits per heavy atom. The van der Waals surface area contributed by atoms with E-state index in [1.165, 1.54) is 19.2 Å². The number of nitrogens with one attached hydrogen (secondary N) is 1. The number of carbonyl (C=O) groups is 2. The van der Waals surface area contributed by atoms with Gasteiger partial charge in [-0.15, -0.1) is 0 Å². The fraction of sp³-hybridized carbons (Fsp3) is 0.529. The van der Waals surface area contributed by atoms with Gasteiger partial charge in [0.15, 0.2) is 11.6 Å². The molecule has 0 aromatic heterocycles. The predicted octanol–water partition coefficient (Wildman–Crippen LogP) is 2.42. The van der Waals surface area contributed by atoms with Gasteiger partial charge in [0, 0.05) is 30.8 Å². The highest BCUT2D eigenvalue weighted by Gasteiger charge is 2.36. The van der Waals surface area contributed by atoms with Gasteiger partial charge in [-0.25, -0.2) is 4.39 Å². The third-order valence-electron chi connectivity index (χ3n) is 4.45. The minimum absolute atomic E-state index is 0.141. The summed E-state index contributed by atoms with van der Waals surface area (Å²) in [5.41, 5.74) is 0.402. The second-order valence-electron chi connectivity index (χ2n) is 6.24. The molecule has 23 heavy (non-hydrogen) atoms. The summed E-state index contributed by atoms with van der Waals surface area (Å²) in [5.74, 6) is -0.425. The van der Waals surface area contributed by atoms with E-state index in [1.807, 2.05) is 0 Å². The predicted molar refractivity (Wildman–Crippen MR) is 83.6 cm³/mol. The number of methoxy groups -OCH3 is 1. The molecule has 0 spiro atoms. The Labute approximate surface area is 134 Å². The fourth-order valence-corrected chi connectivity index (χ4v) is 2.97. The van der Waals surface area contributed by atoms with E-state index >= 15 is 0 Å². The Kier molecular flexibility index (Phi) is 4.50. The molecule has 1 aliphatic carbocycles. The third kappa shape index (κ3) is 3.63. The highest BCUT2D eigenvalue weighted by atomic mass is 19.1. The molecule has 0 radical (unpaired) electrons. The van der Waals surface area contributed by atoms with Gasteiger partial charge in [-0.3, -0.25) is 9.59 Å². The number of carbonyl (C=O) groups excluding carboxylic acids is 2. The number of benzene rings is 1. The van der Waals surface area contributed by atoms with Crippen LogP contribution in [-0.2, 0) is 9.59 Å². The molecule has 0 bridgehead atoms.